The van der Waals surface area contributed by atoms with Crippen molar-refractivity contribution >= 4 is 52.3 Å². The highest BCUT2D eigenvalue weighted by Gasteiger charge is 2.19. The number of hydrogen-bond acceptors (Lipinski definition) is 5. The third kappa shape index (κ3) is 7.06. The van der Waals surface area contributed by atoms with Crippen LogP contribution >= 0.6 is 34.8 Å². The number of rotatable bonds is 8. The number of anilines is 1. The van der Waals surface area contributed by atoms with Crippen LogP contribution in [0.15, 0.2) is 58.2 Å². The van der Waals surface area contributed by atoms with Crippen LogP contribution in [0, 0.1) is 0 Å². The number of nitrogens with zero attached hydrogens (tertiary/aromatic N) is 1. The van der Waals surface area contributed by atoms with Crippen LogP contribution in [0.1, 0.15) is 24.0 Å². The van der Waals surface area contributed by atoms with Gasteiger partial charge in [0.25, 0.3) is 0 Å². The summed E-state index contributed by atoms with van der Waals surface area (Å²) in [4.78, 5) is 17.2. The molecule has 2 aromatic rings. The average molecular weight is 484 g/mol. The Balaban J connectivity index is 1.50. The van der Waals surface area contributed by atoms with E-state index in [1.807, 2.05) is 18.2 Å². The Labute approximate surface area is 195 Å². The van der Waals surface area contributed by atoms with Crippen molar-refractivity contribution in [1.29, 1.82) is 0 Å². The second-order valence-corrected chi connectivity index (χ2v) is 7.97. The number of carbonyl (C=O) groups excluding carboxylic acids is 1. The van der Waals surface area contributed by atoms with Crippen molar-refractivity contribution in [1.82, 2.24) is 0 Å². The van der Waals surface area contributed by atoms with Gasteiger partial charge in [-0.3, -0.25) is 5.32 Å². The zero-order valence-electron chi connectivity index (χ0n) is 16.6. The number of halogens is 3. The highest BCUT2D eigenvalue weighted by Crippen LogP contribution is 2.30. The van der Waals surface area contributed by atoms with E-state index < -0.39 is 6.09 Å². The molecule has 2 aromatic carbocycles. The van der Waals surface area contributed by atoms with Crippen molar-refractivity contribution in [2.75, 3.05) is 25.1 Å². The van der Waals surface area contributed by atoms with E-state index in [2.05, 4.69) is 10.5 Å². The molecule has 0 spiro atoms. The number of benzene rings is 2. The fourth-order valence-electron chi connectivity index (χ4n) is 3.09. The minimum atomic E-state index is -0.611. The number of hydrogen-bond donors (Lipinski definition) is 1. The van der Waals surface area contributed by atoms with Gasteiger partial charge in [0.1, 0.15) is 23.5 Å². The Kier molecular flexibility index (Phi) is 8.88. The van der Waals surface area contributed by atoms with Gasteiger partial charge in [-0.15, -0.1) is 0 Å². The van der Waals surface area contributed by atoms with Crippen LogP contribution in [0.2, 0.25) is 5.02 Å². The molecule has 9 heteroatoms. The maximum absolute atomic E-state index is 11.8. The molecule has 1 aliphatic carbocycles. The summed E-state index contributed by atoms with van der Waals surface area (Å²) in [6, 6.07) is 12.7. The Morgan fingerprint density at radius 3 is 2.74 bits per heavy atom. The average Bonchev–Trinajstić information content (AvgIpc) is 2.75. The van der Waals surface area contributed by atoms with Gasteiger partial charge in [0.15, 0.2) is 6.61 Å². The standard InChI is InChI=1S/C22H21Cl3N2O4/c23-17-7-1-2-8-19(17)26-22(28)30-13-14-31-27-18-9-3-6-16-15(18)5-4-10-20(16)29-12-11-21(24)25/h1-2,4-5,7-8,10-11H,3,6,9,12-14H2,(H,26,28). The Morgan fingerprint density at radius 2 is 1.94 bits per heavy atom. The second kappa shape index (κ2) is 11.8. The number of fused-ring (bicyclic) bond motifs is 1. The summed E-state index contributed by atoms with van der Waals surface area (Å²) in [5.74, 6) is 0.773. The van der Waals surface area contributed by atoms with Crippen molar-refractivity contribution in [3.8, 4) is 5.75 Å². The first-order valence-electron chi connectivity index (χ1n) is 9.68. The molecule has 0 bridgehead atoms. The molecular formula is C22H21Cl3N2O4. The molecule has 0 saturated carbocycles. The first-order valence-corrected chi connectivity index (χ1v) is 10.8. The minimum absolute atomic E-state index is 0.0502. The topological polar surface area (TPSA) is 69.2 Å². The van der Waals surface area contributed by atoms with E-state index in [-0.39, 0.29) is 24.3 Å². The van der Waals surface area contributed by atoms with Gasteiger partial charge >= 0.3 is 6.09 Å². The lowest BCUT2D eigenvalue weighted by atomic mass is 9.89. The van der Waals surface area contributed by atoms with E-state index in [1.54, 1.807) is 30.3 Å². The molecule has 164 valence electrons. The molecular weight excluding hydrogens is 463 g/mol. The first kappa shape index (κ1) is 23.3. The van der Waals surface area contributed by atoms with Crippen LogP contribution in [-0.4, -0.2) is 31.6 Å². The first-order chi connectivity index (χ1) is 15.0. The minimum Gasteiger partial charge on any atom is -0.489 e. The number of nitrogens with one attached hydrogen (secondary N) is 1. The van der Waals surface area contributed by atoms with Crippen molar-refractivity contribution in [2.45, 2.75) is 19.3 Å². The zero-order chi connectivity index (χ0) is 22.1. The molecule has 0 unspecified atom stereocenters. The van der Waals surface area contributed by atoms with Crippen LogP contribution in [0.3, 0.4) is 0 Å². The summed E-state index contributed by atoms with van der Waals surface area (Å²) >= 11 is 17.3. The number of oxime groups is 1. The van der Waals surface area contributed by atoms with E-state index in [4.69, 9.17) is 49.1 Å². The van der Waals surface area contributed by atoms with Crippen LogP contribution < -0.4 is 10.1 Å². The monoisotopic (exact) mass is 482 g/mol. The van der Waals surface area contributed by atoms with Gasteiger partial charge in [-0.25, -0.2) is 4.79 Å². The molecule has 1 amide bonds. The molecule has 0 heterocycles. The van der Waals surface area contributed by atoms with Gasteiger partial charge in [0, 0.05) is 11.1 Å². The smallest absolute Gasteiger partial charge is 0.411 e. The molecule has 0 fully saturated rings. The fourth-order valence-corrected chi connectivity index (χ4v) is 3.40. The molecule has 6 nitrogen and oxygen atoms in total. The summed E-state index contributed by atoms with van der Waals surface area (Å²) in [7, 11) is 0. The van der Waals surface area contributed by atoms with E-state index in [1.165, 1.54) is 0 Å². The zero-order valence-corrected chi connectivity index (χ0v) is 18.8. The number of amides is 1. The van der Waals surface area contributed by atoms with Gasteiger partial charge < -0.3 is 14.3 Å². The van der Waals surface area contributed by atoms with Gasteiger partial charge in [0.05, 0.1) is 16.4 Å². The van der Waals surface area contributed by atoms with Crippen molar-refractivity contribution in [2.24, 2.45) is 5.16 Å². The molecule has 0 aliphatic heterocycles. The lowest BCUT2D eigenvalue weighted by Crippen LogP contribution is -2.17. The Hall–Kier alpha value is -2.41. The number of para-hydroxylation sites is 1. The molecule has 1 N–H and O–H groups in total. The van der Waals surface area contributed by atoms with Gasteiger partial charge in [0.2, 0.25) is 0 Å². The molecule has 0 saturated heterocycles. The summed E-state index contributed by atoms with van der Waals surface area (Å²) in [6.45, 7) is 0.466. The summed E-state index contributed by atoms with van der Waals surface area (Å²) in [6.07, 6.45) is 3.58. The largest absolute Gasteiger partial charge is 0.489 e. The van der Waals surface area contributed by atoms with E-state index in [9.17, 15) is 4.79 Å². The third-order valence-electron chi connectivity index (χ3n) is 4.45. The SMILES string of the molecule is O=C(Nc1ccccc1Cl)OCCON=C1CCCc2c(OCC=C(Cl)Cl)cccc21. The predicted molar refractivity (Wildman–Crippen MR) is 124 cm³/mol. The van der Waals surface area contributed by atoms with Gasteiger partial charge in [-0.2, -0.15) is 0 Å². The molecule has 0 aromatic heterocycles. The van der Waals surface area contributed by atoms with Crippen molar-refractivity contribution in [3.05, 3.63) is 69.2 Å². The van der Waals surface area contributed by atoms with Gasteiger partial charge in [-0.1, -0.05) is 64.2 Å². The van der Waals surface area contributed by atoms with Crippen molar-refractivity contribution < 1.29 is 19.1 Å². The van der Waals surface area contributed by atoms with Crippen LogP contribution in [-0.2, 0) is 16.0 Å². The quantitative estimate of drug-likeness (QED) is 0.351. The summed E-state index contributed by atoms with van der Waals surface area (Å²) in [5.41, 5.74) is 3.38. The van der Waals surface area contributed by atoms with E-state index >= 15 is 0 Å². The normalized spacial score (nSPS) is 13.8. The molecule has 0 radical (unpaired) electrons. The summed E-state index contributed by atoms with van der Waals surface area (Å²) in [5, 5.41) is 7.25. The maximum Gasteiger partial charge on any atom is 0.411 e. The molecule has 3 rings (SSSR count). The van der Waals surface area contributed by atoms with E-state index in [0.717, 1.165) is 41.9 Å². The van der Waals surface area contributed by atoms with Crippen LogP contribution in [0.5, 0.6) is 5.75 Å². The lowest BCUT2D eigenvalue weighted by molar-refractivity contribution is 0.0824. The van der Waals surface area contributed by atoms with Crippen molar-refractivity contribution in [3.63, 3.8) is 0 Å². The Morgan fingerprint density at radius 1 is 1.10 bits per heavy atom. The summed E-state index contributed by atoms with van der Waals surface area (Å²) < 4.78 is 11.0. The fraction of sp³-hybridized carbons (Fsp3) is 0.273. The number of carbonyl (C=O) groups is 1. The van der Waals surface area contributed by atoms with Gasteiger partial charge in [-0.05, 0) is 43.5 Å². The third-order valence-corrected chi connectivity index (χ3v) is 5.09. The Bertz CT molecular complexity index is 975. The van der Waals surface area contributed by atoms with Crippen LogP contribution in [0.4, 0.5) is 10.5 Å². The lowest BCUT2D eigenvalue weighted by Gasteiger charge is -2.20. The maximum atomic E-state index is 11.8. The molecule has 1 aliphatic rings. The predicted octanol–water partition coefficient (Wildman–Crippen LogP) is 6.34. The molecule has 0 atom stereocenters. The molecule has 31 heavy (non-hydrogen) atoms. The highest BCUT2D eigenvalue weighted by molar-refractivity contribution is 6.55. The van der Waals surface area contributed by atoms with Crippen LogP contribution in [0.25, 0.3) is 0 Å². The van der Waals surface area contributed by atoms with E-state index in [0.29, 0.717) is 10.7 Å². The number of ether oxygens (including phenoxy) is 2. The second-order valence-electron chi connectivity index (χ2n) is 6.55. The highest BCUT2D eigenvalue weighted by atomic mass is 35.5.